The lowest BCUT2D eigenvalue weighted by atomic mass is 9.77. The summed E-state index contributed by atoms with van der Waals surface area (Å²) in [7, 11) is -0.460. The maximum Gasteiger partial charge on any atom is 0.494 e. The van der Waals surface area contributed by atoms with Crippen molar-refractivity contribution in [3.05, 3.63) is 59.6 Å². The first-order valence-corrected chi connectivity index (χ1v) is 11.0. The van der Waals surface area contributed by atoms with E-state index < -0.39 is 18.3 Å². The van der Waals surface area contributed by atoms with Crippen LogP contribution in [0.25, 0.3) is 22.4 Å². The largest absolute Gasteiger partial charge is 0.494 e. The molecule has 6 heteroatoms. The molecule has 31 heavy (non-hydrogen) atoms. The Morgan fingerprint density at radius 1 is 0.871 bits per heavy atom. The Labute approximate surface area is 190 Å². The highest BCUT2D eigenvalue weighted by atomic mass is 35.5. The normalized spacial score (nSPS) is 17.9. The van der Waals surface area contributed by atoms with Crippen LogP contribution in [-0.4, -0.2) is 23.3 Å². The zero-order chi connectivity index (χ0) is 22.6. The van der Waals surface area contributed by atoms with E-state index in [0.29, 0.717) is 10.9 Å². The molecule has 0 amide bonds. The number of aromatic nitrogens is 1. The summed E-state index contributed by atoms with van der Waals surface area (Å²) in [6.45, 7) is 14.5. The first-order valence-electron chi connectivity index (χ1n) is 10.6. The van der Waals surface area contributed by atoms with Gasteiger partial charge in [-0.15, -0.1) is 0 Å². The predicted octanol–water partition coefficient (Wildman–Crippen LogP) is 6.26. The molecule has 1 aromatic heterocycles. The molecule has 1 aliphatic rings. The molecule has 2 aromatic carbocycles. The summed E-state index contributed by atoms with van der Waals surface area (Å²) in [5.41, 5.74) is 3.55. The number of benzene rings is 2. The minimum atomic E-state index is -0.460. The van der Waals surface area contributed by atoms with Crippen LogP contribution in [0.3, 0.4) is 0 Å². The van der Waals surface area contributed by atoms with Crippen molar-refractivity contribution in [3.8, 4) is 22.4 Å². The van der Waals surface area contributed by atoms with Gasteiger partial charge < -0.3 is 13.7 Å². The lowest BCUT2D eigenvalue weighted by Gasteiger charge is -2.32. The van der Waals surface area contributed by atoms with E-state index in [1.54, 1.807) is 6.26 Å². The van der Waals surface area contributed by atoms with Gasteiger partial charge in [-0.25, -0.2) is 4.98 Å². The number of oxazole rings is 1. The fourth-order valence-corrected chi connectivity index (χ4v) is 3.79. The summed E-state index contributed by atoms with van der Waals surface area (Å²) in [4.78, 5) is 4.80. The van der Waals surface area contributed by atoms with Gasteiger partial charge in [0.15, 0.2) is 5.89 Å². The first kappa shape index (κ1) is 22.1. The summed E-state index contributed by atoms with van der Waals surface area (Å²) in [5, 5.41) is 0.687. The Hall–Kier alpha value is -2.08. The molecule has 1 saturated heterocycles. The third kappa shape index (κ3) is 4.07. The molecule has 3 aromatic rings. The molecule has 0 saturated carbocycles. The molecular formula is C25H29BClNO3. The maximum atomic E-state index is 6.54. The molecule has 2 heterocycles. The molecule has 4 rings (SSSR count). The van der Waals surface area contributed by atoms with Gasteiger partial charge in [0.25, 0.3) is 0 Å². The molecule has 0 N–H and O–H groups in total. The van der Waals surface area contributed by atoms with Crippen LogP contribution in [0.15, 0.2) is 53.1 Å². The smallest absolute Gasteiger partial charge is 0.448 e. The Morgan fingerprint density at radius 2 is 1.52 bits per heavy atom. The minimum Gasteiger partial charge on any atom is -0.448 e. The second-order valence-corrected chi connectivity index (χ2v) is 10.6. The average Bonchev–Trinajstić information content (AvgIpc) is 3.25. The number of hydrogen-bond acceptors (Lipinski definition) is 4. The molecular weight excluding hydrogens is 409 g/mol. The fourth-order valence-electron chi connectivity index (χ4n) is 3.56. The Kier molecular flexibility index (Phi) is 5.36. The Bertz CT molecular complexity index is 1100. The maximum absolute atomic E-state index is 6.54. The molecule has 4 nitrogen and oxygen atoms in total. The molecule has 0 radical (unpaired) electrons. The van der Waals surface area contributed by atoms with Crippen molar-refractivity contribution < 1.29 is 13.7 Å². The van der Waals surface area contributed by atoms with Crippen molar-refractivity contribution in [2.24, 2.45) is 0 Å². The molecule has 162 valence electrons. The molecule has 0 atom stereocenters. The van der Waals surface area contributed by atoms with Crippen molar-refractivity contribution in [2.75, 3.05) is 0 Å². The van der Waals surface area contributed by atoms with Gasteiger partial charge in [0.1, 0.15) is 12.0 Å². The van der Waals surface area contributed by atoms with E-state index >= 15 is 0 Å². The van der Waals surface area contributed by atoms with E-state index in [1.807, 2.05) is 30.3 Å². The summed E-state index contributed by atoms with van der Waals surface area (Å²) < 4.78 is 18.4. The van der Waals surface area contributed by atoms with E-state index in [0.717, 1.165) is 27.8 Å². The van der Waals surface area contributed by atoms with E-state index in [1.165, 1.54) is 0 Å². The van der Waals surface area contributed by atoms with Gasteiger partial charge in [-0.3, -0.25) is 0 Å². The van der Waals surface area contributed by atoms with Crippen LogP contribution >= 0.6 is 11.6 Å². The van der Waals surface area contributed by atoms with Gasteiger partial charge in [0.2, 0.25) is 0 Å². The zero-order valence-electron chi connectivity index (χ0n) is 19.2. The highest BCUT2D eigenvalue weighted by Gasteiger charge is 2.51. The second-order valence-electron chi connectivity index (χ2n) is 10.2. The van der Waals surface area contributed by atoms with Gasteiger partial charge in [-0.2, -0.15) is 0 Å². The topological polar surface area (TPSA) is 44.5 Å². The van der Waals surface area contributed by atoms with Crippen LogP contribution in [-0.2, 0) is 14.7 Å². The number of nitrogens with zero attached hydrogens (tertiary/aromatic N) is 1. The molecule has 1 aliphatic heterocycles. The number of rotatable bonds is 3. The van der Waals surface area contributed by atoms with Crippen LogP contribution in [0.2, 0.25) is 5.02 Å². The molecule has 0 unspecified atom stereocenters. The average molecular weight is 438 g/mol. The van der Waals surface area contributed by atoms with Crippen molar-refractivity contribution in [3.63, 3.8) is 0 Å². The Balaban J connectivity index is 1.85. The van der Waals surface area contributed by atoms with Crippen molar-refractivity contribution in [2.45, 2.75) is 65.1 Å². The van der Waals surface area contributed by atoms with Gasteiger partial charge in [0, 0.05) is 21.6 Å². The van der Waals surface area contributed by atoms with E-state index in [4.69, 9.17) is 30.3 Å². The van der Waals surface area contributed by atoms with Crippen molar-refractivity contribution in [1.82, 2.24) is 4.98 Å². The van der Waals surface area contributed by atoms with Crippen LogP contribution in [0.4, 0.5) is 0 Å². The SMILES string of the molecule is CC(C)(C)c1nc(-c2cc(B3OC(C)(C)C(C)(C)O3)ccc2-c2ccccc2Cl)co1. The molecule has 0 spiro atoms. The highest BCUT2D eigenvalue weighted by Crippen LogP contribution is 2.39. The predicted molar refractivity (Wildman–Crippen MR) is 127 cm³/mol. The van der Waals surface area contributed by atoms with Crippen LogP contribution in [0, 0.1) is 0 Å². The van der Waals surface area contributed by atoms with Crippen molar-refractivity contribution >= 4 is 24.2 Å². The quantitative estimate of drug-likeness (QED) is 0.454. The zero-order valence-corrected chi connectivity index (χ0v) is 20.0. The highest BCUT2D eigenvalue weighted by molar-refractivity contribution is 6.62. The first-order chi connectivity index (χ1) is 14.4. The standard InChI is InChI=1S/C25H29BClNO3/c1-23(2,3)22-28-21(15-29-22)19-14-16(26-30-24(4,5)25(6,7)31-26)12-13-17(19)18-10-8-9-11-20(18)27/h8-15H,1-7H3. The Morgan fingerprint density at radius 3 is 2.10 bits per heavy atom. The third-order valence-electron chi connectivity index (χ3n) is 6.15. The summed E-state index contributed by atoms with van der Waals surface area (Å²) in [6, 6.07) is 14.0. The third-order valence-corrected chi connectivity index (χ3v) is 6.48. The van der Waals surface area contributed by atoms with E-state index in [2.05, 4.69) is 60.6 Å². The minimum absolute atomic E-state index is 0.188. The molecule has 1 fully saturated rings. The van der Waals surface area contributed by atoms with Crippen LogP contribution < -0.4 is 5.46 Å². The van der Waals surface area contributed by atoms with Gasteiger partial charge in [0.05, 0.1) is 11.2 Å². The summed E-state index contributed by atoms with van der Waals surface area (Å²) >= 11 is 6.54. The van der Waals surface area contributed by atoms with Crippen LogP contribution in [0.5, 0.6) is 0 Å². The molecule has 0 aliphatic carbocycles. The monoisotopic (exact) mass is 437 g/mol. The molecule has 0 bridgehead atoms. The number of hydrogen-bond donors (Lipinski definition) is 0. The van der Waals surface area contributed by atoms with Gasteiger partial charge >= 0.3 is 7.12 Å². The van der Waals surface area contributed by atoms with Crippen LogP contribution in [0.1, 0.15) is 54.4 Å². The van der Waals surface area contributed by atoms with E-state index in [-0.39, 0.29) is 5.41 Å². The van der Waals surface area contributed by atoms with Gasteiger partial charge in [-0.1, -0.05) is 68.8 Å². The summed E-state index contributed by atoms with van der Waals surface area (Å²) in [5.74, 6) is 0.689. The number of halogens is 1. The van der Waals surface area contributed by atoms with Crippen molar-refractivity contribution in [1.29, 1.82) is 0 Å². The summed E-state index contributed by atoms with van der Waals surface area (Å²) in [6.07, 6.45) is 1.71. The lowest BCUT2D eigenvalue weighted by molar-refractivity contribution is 0.00578. The fraction of sp³-hybridized carbons (Fsp3) is 0.400. The van der Waals surface area contributed by atoms with Gasteiger partial charge in [-0.05, 0) is 44.8 Å². The lowest BCUT2D eigenvalue weighted by Crippen LogP contribution is -2.41. The van der Waals surface area contributed by atoms with E-state index in [9.17, 15) is 0 Å². The second kappa shape index (κ2) is 7.51.